The van der Waals surface area contributed by atoms with E-state index >= 15 is 0 Å². The highest BCUT2D eigenvalue weighted by Crippen LogP contribution is 2.30. The van der Waals surface area contributed by atoms with Crippen LogP contribution in [0.3, 0.4) is 0 Å². The van der Waals surface area contributed by atoms with Crippen LogP contribution in [0, 0.1) is 5.92 Å². The normalized spacial score (nSPS) is 22.1. The van der Waals surface area contributed by atoms with E-state index in [4.69, 9.17) is 4.74 Å². The van der Waals surface area contributed by atoms with Crippen LogP contribution in [-0.2, 0) is 11.3 Å². The highest BCUT2D eigenvalue weighted by atomic mass is 32.1. The number of carbonyl (C=O) groups is 1. The van der Waals surface area contributed by atoms with Crippen LogP contribution in [0.15, 0.2) is 5.38 Å². The molecular formula is C15H24N2O2S. The average molecular weight is 296 g/mol. The van der Waals surface area contributed by atoms with Gasteiger partial charge in [0.1, 0.15) is 10.7 Å². The Hall–Kier alpha value is -0.940. The fourth-order valence-corrected chi connectivity index (χ4v) is 3.63. The lowest BCUT2D eigenvalue weighted by molar-refractivity contribution is 0.0921. The van der Waals surface area contributed by atoms with Crippen LogP contribution in [-0.4, -0.2) is 24.0 Å². The van der Waals surface area contributed by atoms with E-state index in [1.54, 1.807) is 7.11 Å². The number of methoxy groups -OCH3 is 1. The van der Waals surface area contributed by atoms with Crippen LogP contribution in [0.2, 0.25) is 0 Å². The molecule has 1 N–H and O–H groups in total. The Bertz CT molecular complexity index is 433. The van der Waals surface area contributed by atoms with Crippen LogP contribution in [0.4, 0.5) is 0 Å². The number of thiazole rings is 1. The summed E-state index contributed by atoms with van der Waals surface area (Å²) in [6.07, 6.45) is 7.29. The lowest BCUT2D eigenvalue weighted by Crippen LogP contribution is -2.37. The fourth-order valence-electron chi connectivity index (χ4n) is 2.89. The summed E-state index contributed by atoms with van der Waals surface area (Å²) in [6, 6.07) is 0.335. The van der Waals surface area contributed by atoms with Crippen molar-refractivity contribution in [3.63, 3.8) is 0 Å². The summed E-state index contributed by atoms with van der Waals surface area (Å²) in [6.45, 7) is 2.69. The molecule has 1 fully saturated rings. The minimum absolute atomic E-state index is 0.0306. The molecule has 2 unspecified atom stereocenters. The predicted molar refractivity (Wildman–Crippen MR) is 80.9 cm³/mol. The highest BCUT2D eigenvalue weighted by molar-refractivity contribution is 7.09. The van der Waals surface area contributed by atoms with Gasteiger partial charge in [0.2, 0.25) is 0 Å². The van der Waals surface area contributed by atoms with Crippen molar-refractivity contribution in [1.29, 1.82) is 0 Å². The monoisotopic (exact) mass is 296 g/mol. The summed E-state index contributed by atoms with van der Waals surface area (Å²) in [4.78, 5) is 16.5. The van der Waals surface area contributed by atoms with Crippen LogP contribution < -0.4 is 5.32 Å². The molecule has 1 aromatic heterocycles. The lowest BCUT2D eigenvalue weighted by atomic mass is 9.97. The zero-order valence-corrected chi connectivity index (χ0v) is 13.2. The molecule has 0 aliphatic heterocycles. The van der Waals surface area contributed by atoms with E-state index in [9.17, 15) is 4.79 Å². The van der Waals surface area contributed by atoms with Crippen molar-refractivity contribution >= 4 is 17.2 Å². The molecule has 0 bridgehead atoms. The number of aromatic nitrogens is 1. The molecule has 20 heavy (non-hydrogen) atoms. The molecule has 4 nitrogen and oxygen atoms in total. The standard InChI is InChI=1S/C15H24N2O2S/c1-3-4-6-11-7-5-8-12(11)17-15(18)13-10-20-14(16-13)9-19-2/h10-12H,3-9H2,1-2H3,(H,17,18). The first-order chi connectivity index (χ1) is 9.74. The summed E-state index contributed by atoms with van der Waals surface area (Å²) in [5.41, 5.74) is 0.531. The number of hydrogen-bond donors (Lipinski definition) is 1. The van der Waals surface area contributed by atoms with Gasteiger partial charge >= 0.3 is 0 Å². The minimum Gasteiger partial charge on any atom is -0.378 e. The Morgan fingerprint density at radius 1 is 1.55 bits per heavy atom. The van der Waals surface area contributed by atoms with Crippen LogP contribution in [0.5, 0.6) is 0 Å². The van der Waals surface area contributed by atoms with Gasteiger partial charge in [0.25, 0.3) is 5.91 Å². The van der Waals surface area contributed by atoms with Gasteiger partial charge in [-0.1, -0.05) is 26.2 Å². The first-order valence-corrected chi connectivity index (χ1v) is 8.36. The largest absolute Gasteiger partial charge is 0.378 e. The zero-order chi connectivity index (χ0) is 14.4. The molecule has 1 amide bonds. The average Bonchev–Trinajstić information content (AvgIpc) is 3.06. The van der Waals surface area contributed by atoms with E-state index in [1.165, 1.54) is 43.4 Å². The molecule has 1 heterocycles. The van der Waals surface area contributed by atoms with E-state index in [-0.39, 0.29) is 5.91 Å². The molecule has 5 heteroatoms. The van der Waals surface area contributed by atoms with Crippen LogP contribution in [0.25, 0.3) is 0 Å². The van der Waals surface area contributed by atoms with Crippen molar-refractivity contribution in [3.8, 4) is 0 Å². The molecule has 2 rings (SSSR count). The molecule has 2 atom stereocenters. The van der Waals surface area contributed by atoms with Crippen molar-refractivity contribution in [3.05, 3.63) is 16.1 Å². The van der Waals surface area contributed by atoms with Gasteiger partial charge in [-0.2, -0.15) is 0 Å². The summed E-state index contributed by atoms with van der Waals surface area (Å²) in [7, 11) is 1.64. The molecular weight excluding hydrogens is 272 g/mol. The predicted octanol–water partition coefficient (Wildman–Crippen LogP) is 3.38. The van der Waals surface area contributed by atoms with Crippen LogP contribution >= 0.6 is 11.3 Å². The topological polar surface area (TPSA) is 51.2 Å². The van der Waals surface area contributed by atoms with Gasteiger partial charge < -0.3 is 10.1 Å². The Labute approximate surface area is 124 Å². The number of hydrogen-bond acceptors (Lipinski definition) is 4. The number of unbranched alkanes of at least 4 members (excludes halogenated alkanes) is 1. The van der Waals surface area contributed by atoms with Crippen molar-refractivity contribution < 1.29 is 9.53 Å². The van der Waals surface area contributed by atoms with Gasteiger partial charge in [-0.25, -0.2) is 4.98 Å². The molecule has 0 aromatic carbocycles. The first-order valence-electron chi connectivity index (χ1n) is 7.48. The summed E-state index contributed by atoms with van der Waals surface area (Å²) in [5, 5.41) is 5.85. The molecule has 1 aromatic rings. The van der Waals surface area contributed by atoms with E-state index in [0.29, 0.717) is 24.3 Å². The van der Waals surface area contributed by atoms with Crippen molar-refractivity contribution in [1.82, 2.24) is 10.3 Å². The Balaban J connectivity index is 1.89. The summed E-state index contributed by atoms with van der Waals surface area (Å²) < 4.78 is 5.03. The van der Waals surface area contributed by atoms with Crippen molar-refractivity contribution in [2.24, 2.45) is 5.92 Å². The number of rotatable bonds is 7. The second kappa shape index (κ2) is 7.74. The number of nitrogens with zero attached hydrogens (tertiary/aromatic N) is 1. The Morgan fingerprint density at radius 2 is 2.40 bits per heavy atom. The molecule has 1 aliphatic rings. The molecule has 1 aliphatic carbocycles. The number of ether oxygens (including phenoxy) is 1. The third-order valence-corrected chi connectivity index (χ3v) is 4.78. The molecule has 112 valence electrons. The maximum Gasteiger partial charge on any atom is 0.270 e. The second-order valence-electron chi connectivity index (χ2n) is 5.47. The van der Waals surface area contributed by atoms with Gasteiger partial charge in [0.15, 0.2) is 0 Å². The van der Waals surface area contributed by atoms with Gasteiger partial charge in [-0.05, 0) is 25.2 Å². The van der Waals surface area contributed by atoms with E-state index < -0.39 is 0 Å². The fraction of sp³-hybridized carbons (Fsp3) is 0.733. The number of nitrogens with one attached hydrogen (secondary N) is 1. The smallest absolute Gasteiger partial charge is 0.270 e. The quantitative estimate of drug-likeness (QED) is 0.839. The Morgan fingerprint density at radius 3 is 3.15 bits per heavy atom. The van der Waals surface area contributed by atoms with Gasteiger partial charge in [-0.3, -0.25) is 4.79 Å². The summed E-state index contributed by atoms with van der Waals surface area (Å²) in [5.74, 6) is 0.619. The van der Waals surface area contributed by atoms with Gasteiger partial charge in [-0.15, -0.1) is 11.3 Å². The molecule has 1 saturated carbocycles. The van der Waals surface area contributed by atoms with E-state index in [1.807, 2.05) is 5.38 Å². The first kappa shape index (κ1) is 15.4. The van der Waals surface area contributed by atoms with Crippen LogP contribution in [0.1, 0.15) is 60.9 Å². The van der Waals surface area contributed by atoms with Crippen molar-refractivity contribution in [2.45, 2.75) is 58.1 Å². The summed E-state index contributed by atoms with van der Waals surface area (Å²) >= 11 is 1.48. The highest BCUT2D eigenvalue weighted by Gasteiger charge is 2.28. The second-order valence-corrected chi connectivity index (χ2v) is 6.42. The molecule has 0 radical (unpaired) electrons. The third-order valence-electron chi connectivity index (χ3n) is 3.96. The molecule has 0 spiro atoms. The zero-order valence-electron chi connectivity index (χ0n) is 12.4. The minimum atomic E-state index is -0.0306. The van der Waals surface area contributed by atoms with Gasteiger partial charge in [0, 0.05) is 18.5 Å². The van der Waals surface area contributed by atoms with E-state index in [0.717, 1.165) is 11.4 Å². The number of carbonyl (C=O) groups excluding carboxylic acids is 1. The maximum absolute atomic E-state index is 12.2. The Kier molecular flexibility index (Phi) is 5.98. The van der Waals surface area contributed by atoms with Gasteiger partial charge in [0.05, 0.1) is 6.61 Å². The van der Waals surface area contributed by atoms with E-state index in [2.05, 4.69) is 17.2 Å². The maximum atomic E-state index is 12.2. The third kappa shape index (κ3) is 4.03. The van der Waals surface area contributed by atoms with Crippen molar-refractivity contribution in [2.75, 3.05) is 7.11 Å². The molecule has 0 saturated heterocycles. The SMILES string of the molecule is CCCCC1CCCC1NC(=O)c1csc(COC)n1. The lowest BCUT2D eigenvalue weighted by Gasteiger charge is -2.20. The number of amides is 1.